The molecule has 2 amide bonds. The molecule has 0 saturated carbocycles. The molecule has 9 heteroatoms. The molecule has 2 aliphatic rings. The van der Waals surface area contributed by atoms with Gasteiger partial charge in [0, 0.05) is 38.0 Å². The van der Waals surface area contributed by atoms with E-state index in [-0.39, 0.29) is 30.0 Å². The van der Waals surface area contributed by atoms with Crippen molar-refractivity contribution >= 4 is 27.3 Å². The highest BCUT2D eigenvalue weighted by atomic mass is 32.2. The van der Waals surface area contributed by atoms with Gasteiger partial charge in [-0.2, -0.15) is 0 Å². The molecule has 2 fully saturated rings. The summed E-state index contributed by atoms with van der Waals surface area (Å²) in [5.41, 5.74) is 0.108. The number of nitrogens with one attached hydrogen (secondary N) is 1. The maximum absolute atomic E-state index is 13.3. The number of nitrogens with zero attached hydrogens (tertiary/aromatic N) is 3. The zero-order chi connectivity index (χ0) is 20.4. The van der Waals surface area contributed by atoms with Crippen molar-refractivity contribution in [3.63, 3.8) is 0 Å². The Morgan fingerprint density at radius 1 is 1.29 bits per heavy atom. The van der Waals surface area contributed by atoms with Crippen molar-refractivity contribution in [2.75, 3.05) is 44.0 Å². The summed E-state index contributed by atoms with van der Waals surface area (Å²) in [5, 5.41) is 3.00. The van der Waals surface area contributed by atoms with Gasteiger partial charge in [-0.3, -0.25) is 14.6 Å². The van der Waals surface area contributed by atoms with Crippen molar-refractivity contribution in [3.05, 3.63) is 24.5 Å². The van der Waals surface area contributed by atoms with Crippen LogP contribution >= 0.6 is 0 Å². The lowest BCUT2D eigenvalue weighted by atomic mass is 9.75. The van der Waals surface area contributed by atoms with E-state index in [9.17, 15) is 18.0 Å². The number of pyridine rings is 1. The molecule has 8 nitrogen and oxygen atoms in total. The number of amides is 2. The van der Waals surface area contributed by atoms with Gasteiger partial charge < -0.3 is 15.1 Å². The molecule has 3 heterocycles. The van der Waals surface area contributed by atoms with Crippen LogP contribution in [0.5, 0.6) is 0 Å². The molecule has 0 radical (unpaired) electrons. The third-order valence-electron chi connectivity index (χ3n) is 5.99. The molecule has 154 valence electrons. The molecular weight excluding hydrogens is 380 g/mol. The number of fused-ring (bicyclic) bond motifs is 1. The van der Waals surface area contributed by atoms with Crippen LogP contribution in [0, 0.1) is 5.41 Å². The Labute approximate surface area is 166 Å². The monoisotopic (exact) mass is 408 g/mol. The van der Waals surface area contributed by atoms with Gasteiger partial charge in [0.2, 0.25) is 11.8 Å². The van der Waals surface area contributed by atoms with E-state index in [0.29, 0.717) is 31.6 Å². The second-order valence-electron chi connectivity index (χ2n) is 7.90. The molecule has 1 aromatic heterocycles. The molecule has 0 unspecified atom stereocenters. The van der Waals surface area contributed by atoms with Crippen molar-refractivity contribution in [1.82, 2.24) is 14.8 Å². The fourth-order valence-electron chi connectivity index (χ4n) is 4.38. The SMILES string of the molecule is CN1CC[C@@]2(C(=O)Nc3cccnc3)CCN(C(=O)CCS(C)(=O)=O)CC[C@@H]12. The summed E-state index contributed by atoms with van der Waals surface area (Å²) in [6, 6.07) is 3.64. The summed E-state index contributed by atoms with van der Waals surface area (Å²) < 4.78 is 22.7. The smallest absolute Gasteiger partial charge is 0.232 e. The fourth-order valence-corrected chi connectivity index (χ4v) is 4.93. The molecule has 3 rings (SSSR count). The molecule has 0 aliphatic carbocycles. The van der Waals surface area contributed by atoms with Gasteiger partial charge in [-0.1, -0.05) is 0 Å². The normalized spacial score (nSPS) is 25.8. The molecule has 0 spiro atoms. The lowest BCUT2D eigenvalue weighted by Crippen LogP contribution is -2.46. The summed E-state index contributed by atoms with van der Waals surface area (Å²) in [5.74, 6) is -0.325. The van der Waals surface area contributed by atoms with Crippen molar-refractivity contribution in [1.29, 1.82) is 0 Å². The van der Waals surface area contributed by atoms with Crippen LogP contribution in [0.15, 0.2) is 24.5 Å². The Hall–Kier alpha value is -2.00. The lowest BCUT2D eigenvalue weighted by Gasteiger charge is -2.34. The van der Waals surface area contributed by atoms with Crippen molar-refractivity contribution < 1.29 is 18.0 Å². The quantitative estimate of drug-likeness (QED) is 0.772. The van der Waals surface area contributed by atoms with Crippen LogP contribution in [-0.4, -0.2) is 79.7 Å². The number of anilines is 1. The van der Waals surface area contributed by atoms with Gasteiger partial charge in [0.15, 0.2) is 0 Å². The summed E-state index contributed by atoms with van der Waals surface area (Å²) in [6.07, 6.45) is 6.42. The van der Waals surface area contributed by atoms with Gasteiger partial charge in [-0.25, -0.2) is 8.42 Å². The Morgan fingerprint density at radius 3 is 2.71 bits per heavy atom. The van der Waals surface area contributed by atoms with E-state index < -0.39 is 15.3 Å². The van der Waals surface area contributed by atoms with Crippen LogP contribution in [0.4, 0.5) is 5.69 Å². The van der Waals surface area contributed by atoms with Gasteiger partial charge in [0.1, 0.15) is 9.84 Å². The van der Waals surface area contributed by atoms with Crippen LogP contribution in [0.25, 0.3) is 0 Å². The zero-order valence-electron chi connectivity index (χ0n) is 16.4. The number of hydrogen-bond donors (Lipinski definition) is 1. The minimum atomic E-state index is -3.18. The molecule has 2 saturated heterocycles. The highest BCUT2D eigenvalue weighted by Gasteiger charge is 2.52. The van der Waals surface area contributed by atoms with Gasteiger partial charge in [0.05, 0.1) is 23.1 Å². The van der Waals surface area contributed by atoms with E-state index in [1.807, 2.05) is 13.1 Å². The number of carbonyl (C=O) groups is 2. The molecule has 2 atom stereocenters. The zero-order valence-corrected chi connectivity index (χ0v) is 17.2. The third kappa shape index (κ3) is 4.52. The Morgan fingerprint density at radius 2 is 2.04 bits per heavy atom. The molecule has 0 aromatic carbocycles. The fraction of sp³-hybridized carbons (Fsp3) is 0.632. The number of rotatable bonds is 5. The first-order valence-corrected chi connectivity index (χ1v) is 11.6. The van der Waals surface area contributed by atoms with Crippen molar-refractivity contribution in [3.8, 4) is 0 Å². The van der Waals surface area contributed by atoms with Gasteiger partial charge >= 0.3 is 0 Å². The summed E-state index contributed by atoms with van der Waals surface area (Å²) in [4.78, 5) is 33.7. The first kappa shape index (κ1) is 20.7. The van der Waals surface area contributed by atoms with Gasteiger partial charge in [-0.05, 0) is 45.0 Å². The number of sulfone groups is 1. The van der Waals surface area contributed by atoms with Crippen LogP contribution in [0.1, 0.15) is 25.7 Å². The molecule has 1 N–H and O–H groups in total. The van der Waals surface area contributed by atoms with Gasteiger partial charge in [0.25, 0.3) is 0 Å². The minimum absolute atomic E-state index is 0.00573. The average Bonchev–Trinajstić information content (AvgIpc) is 2.85. The van der Waals surface area contributed by atoms with E-state index in [0.717, 1.165) is 19.2 Å². The lowest BCUT2D eigenvalue weighted by molar-refractivity contribution is -0.131. The molecule has 28 heavy (non-hydrogen) atoms. The Kier molecular flexibility index (Phi) is 6.04. The second-order valence-corrected chi connectivity index (χ2v) is 10.2. The van der Waals surface area contributed by atoms with E-state index in [1.54, 1.807) is 23.4 Å². The second kappa shape index (κ2) is 8.16. The molecule has 1 aromatic rings. The minimum Gasteiger partial charge on any atom is -0.343 e. The maximum atomic E-state index is 13.3. The van der Waals surface area contributed by atoms with Crippen LogP contribution in [0.2, 0.25) is 0 Å². The third-order valence-corrected chi connectivity index (χ3v) is 6.94. The van der Waals surface area contributed by atoms with E-state index in [1.165, 1.54) is 0 Å². The van der Waals surface area contributed by atoms with Crippen molar-refractivity contribution in [2.45, 2.75) is 31.7 Å². The van der Waals surface area contributed by atoms with Crippen LogP contribution in [-0.2, 0) is 19.4 Å². The van der Waals surface area contributed by atoms with Crippen LogP contribution < -0.4 is 5.32 Å². The molecular formula is C19H28N4O4S. The average molecular weight is 409 g/mol. The number of carbonyl (C=O) groups excluding carboxylic acids is 2. The number of aromatic nitrogens is 1. The Balaban J connectivity index is 1.73. The Bertz CT molecular complexity index is 830. The van der Waals surface area contributed by atoms with E-state index in [2.05, 4.69) is 15.2 Å². The number of hydrogen-bond acceptors (Lipinski definition) is 6. The predicted octanol–water partition coefficient (Wildman–Crippen LogP) is 0.768. The summed E-state index contributed by atoms with van der Waals surface area (Å²) >= 11 is 0. The highest BCUT2D eigenvalue weighted by molar-refractivity contribution is 7.90. The first-order chi connectivity index (χ1) is 13.2. The van der Waals surface area contributed by atoms with Gasteiger partial charge in [-0.15, -0.1) is 0 Å². The van der Waals surface area contributed by atoms with E-state index >= 15 is 0 Å². The number of likely N-dealkylation sites (tertiary alicyclic amines) is 2. The van der Waals surface area contributed by atoms with Crippen molar-refractivity contribution in [2.24, 2.45) is 5.41 Å². The standard InChI is InChI=1S/C19H28N4O4S/c1-22-11-7-19(18(25)21-15-4-3-9-20-14-15)8-12-23(10-5-16(19)22)17(24)6-13-28(2,26)27/h3-4,9,14,16H,5-8,10-13H2,1-2H3,(H,21,25)/t16-,19-/m1/s1. The summed E-state index contributed by atoms with van der Waals surface area (Å²) in [6.45, 7) is 1.85. The first-order valence-electron chi connectivity index (χ1n) is 9.58. The predicted molar refractivity (Wildman–Crippen MR) is 106 cm³/mol. The highest BCUT2D eigenvalue weighted by Crippen LogP contribution is 2.44. The van der Waals surface area contributed by atoms with Crippen LogP contribution in [0.3, 0.4) is 0 Å². The maximum Gasteiger partial charge on any atom is 0.232 e. The summed E-state index contributed by atoms with van der Waals surface area (Å²) in [7, 11) is -1.16. The van der Waals surface area contributed by atoms with E-state index in [4.69, 9.17) is 0 Å². The topological polar surface area (TPSA) is 99.7 Å². The largest absolute Gasteiger partial charge is 0.343 e. The molecule has 0 bridgehead atoms. The molecule has 2 aliphatic heterocycles.